The second-order valence-corrected chi connectivity index (χ2v) is 7.46. The Morgan fingerprint density at radius 2 is 1.82 bits per heavy atom. The highest BCUT2D eigenvalue weighted by Gasteiger charge is 2.19. The number of rotatable bonds is 5. The van der Waals surface area contributed by atoms with Crippen molar-refractivity contribution in [1.29, 1.82) is 0 Å². The van der Waals surface area contributed by atoms with Gasteiger partial charge in [0, 0.05) is 15.2 Å². The maximum atomic E-state index is 12.5. The molecule has 2 amide bonds. The standard InChI is InChI=1S/C19H17BrClN5O2/c1-11-3-8-16(15(20)9-11)23-19(28)18-12(2)26(25-24-18)10-17(27)22-14-6-4-13(21)5-7-14/h3-9H,10H2,1-2H3,(H,22,27)(H,23,28). The van der Waals surface area contributed by atoms with Crippen LogP contribution in [0.3, 0.4) is 0 Å². The van der Waals surface area contributed by atoms with E-state index in [1.165, 1.54) is 4.68 Å². The zero-order valence-electron chi connectivity index (χ0n) is 15.2. The first-order valence-corrected chi connectivity index (χ1v) is 9.53. The zero-order chi connectivity index (χ0) is 20.3. The highest BCUT2D eigenvalue weighted by atomic mass is 79.9. The van der Waals surface area contributed by atoms with E-state index >= 15 is 0 Å². The van der Waals surface area contributed by atoms with E-state index in [9.17, 15) is 9.59 Å². The number of halogens is 2. The molecule has 0 bridgehead atoms. The van der Waals surface area contributed by atoms with Gasteiger partial charge in [-0.15, -0.1) is 5.10 Å². The Kier molecular flexibility index (Phi) is 6.11. The number of aryl methyl sites for hydroxylation is 1. The molecule has 2 aromatic carbocycles. The number of hydrogen-bond donors (Lipinski definition) is 2. The molecule has 1 aromatic heterocycles. The molecule has 3 aromatic rings. The monoisotopic (exact) mass is 461 g/mol. The quantitative estimate of drug-likeness (QED) is 0.595. The molecule has 0 saturated heterocycles. The van der Waals surface area contributed by atoms with E-state index in [0.29, 0.717) is 22.1 Å². The maximum absolute atomic E-state index is 12.5. The average molecular weight is 463 g/mol. The van der Waals surface area contributed by atoms with Crippen LogP contribution < -0.4 is 10.6 Å². The Bertz CT molecular complexity index is 1030. The summed E-state index contributed by atoms with van der Waals surface area (Å²) in [7, 11) is 0. The lowest BCUT2D eigenvalue weighted by Gasteiger charge is -2.08. The predicted octanol–water partition coefficient (Wildman–Crippen LogP) is 4.20. The van der Waals surface area contributed by atoms with Gasteiger partial charge in [-0.25, -0.2) is 4.68 Å². The Balaban J connectivity index is 1.68. The van der Waals surface area contributed by atoms with Crippen molar-refractivity contribution in [2.45, 2.75) is 20.4 Å². The third-order valence-electron chi connectivity index (χ3n) is 3.99. The van der Waals surface area contributed by atoms with Crippen molar-refractivity contribution < 1.29 is 9.59 Å². The summed E-state index contributed by atoms with van der Waals surface area (Å²) in [5.41, 5.74) is 2.97. The van der Waals surface area contributed by atoms with Gasteiger partial charge in [-0.2, -0.15) is 0 Å². The van der Waals surface area contributed by atoms with Crippen molar-refractivity contribution in [1.82, 2.24) is 15.0 Å². The molecule has 2 N–H and O–H groups in total. The highest BCUT2D eigenvalue weighted by Crippen LogP contribution is 2.24. The summed E-state index contributed by atoms with van der Waals surface area (Å²) >= 11 is 9.25. The van der Waals surface area contributed by atoms with Gasteiger partial charge in [0.25, 0.3) is 5.91 Å². The van der Waals surface area contributed by atoms with Crippen LogP contribution in [-0.2, 0) is 11.3 Å². The molecule has 0 aliphatic heterocycles. The molecule has 28 heavy (non-hydrogen) atoms. The third kappa shape index (κ3) is 4.76. The number of amides is 2. The minimum atomic E-state index is -0.397. The fraction of sp³-hybridized carbons (Fsp3) is 0.158. The van der Waals surface area contributed by atoms with Gasteiger partial charge in [0.05, 0.1) is 11.4 Å². The van der Waals surface area contributed by atoms with Crippen molar-refractivity contribution in [2.75, 3.05) is 10.6 Å². The first-order valence-electron chi connectivity index (χ1n) is 8.36. The number of carbonyl (C=O) groups excluding carboxylic acids is 2. The van der Waals surface area contributed by atoms with Gasteiger partial charge in [-0.3, -0.25) is 9.59 Å². The van der Waals surface area contributed by atoms with E-state index in [1.54, 1.807) is 37.3 Å². The molecule has 144 valence electrons. The van der Waals surface area contributed by atoms with Crippen molar-refractivity contribution >= 4 is 50.7 Å². The molecular formula is C19H17BrClN5O2. The lowest BCUT2D eigenvalue weighted by molar-refractivity contribution is -0.117. The van der Waals surface area contributed by atoms with Gasteiger partial charge in [0.1, 0.15) is 6.54 Å². The normalized spacial score (nSPS) is 10.6. The van der Waals surface area contributed by atoms with Crippen LogP contribution in [0.15, 0.2) is 46.9 Å². The van der Waals surface area contributed by atoms with Gasteiger partial charge < -0.3 is 10.6 Å². The fourth-order valence-electron chi connectivity index (χ4n) is 2.49. The summed E-state index contributed by atoms with van der Waals surface area (Å²) in [6, 6.07) is 12.4. The number of anilines is 2. The Hall–Kier alpha value is -2.71. The van der Waals surface area contributed by atoms with Gasteiger partial charge in [-0.1, -0.05) is 22.9 Å². The van der Waals surface area contributed by atoms with Crippen molar-refractivity contribution in [3.8, 4) is 0 Å². The summed E-state index contributed by atoms with van der Waals surface area (Å²) in [4.78, 5) is 24.8. The minimum absolute atomic E-state index is 0.0665. The van der Waals surface area contributed by atoms with Gasteiger partial charge in [0.2, 0.25) is 5.91 Å². The Labute approximate surface area is 175 Å². The fourth-order valence-corrected chi connectivity index (χ4v) is 3.21. The minimum Gasteiger partial charge on any atom is -0.324 e. The zero-order valence-corrected chi connectivity index (χ0v) is 17.5. The molecule has 9 heteroatoms. The molecule has 3 rings (SSSR count). The van der Waals surface area contributed by atoms with Crippen LogP contribution in [-0.4, -0.2) is 26.8 Å². The van der Waals surface area contributed by atoms with Gasteiger partial charge >= 0.3 is 0 Å². The van der Waals surface area contributed by atoms with Crippen LogP contribution >= 0.6 is 27.5 Å². The lowest BCUT2D eigenvalue weighted by Crippen LogP contribution is -2.21. The van der Waals surface area contributed by atoms with Crippen molar-refractivity contribution in [2.24, 2.45) is 0 Å². The van der Waals surface area contributed by atoms with E-state index in [2.05, 4.69) is 36.9 Å². The van der Waals surface area contributed by atoms with Gasteiger partial charge in [-0.05, 0) is 71.7 Å². The van der Waals surface area contributed by atoms with E-state index in [-0.39, 0.29) is 18.1 Å². The highest BCUT2D eigenvalue weighted by molar-refractivity contribution is 9.10. The van der Waals surface area contributed by atoms with E-state index in [0.717, 1.165) is 10.0 Å². The van der Waals surface area contributed by atoms with Crippen molar-refractivity contribution in [3.05, 3.63) is 68.9 Å². The molecule has 0 unspecified atom stereocenters. The number of hydrogen-bond acceptors (Lipinski definition) is 4. The van der Waals surface area contributed by atoms with Crippen LogP contribution in [0.1, 0.15) is 21.7 Å². The largest absolute Gasteiger partial charge is 0.324 e. The number of benzene rings is 2. The number of aromatic nitrogens is 3. The summed E-state index contributed by atoms with van der Waals surface area (Å²) < 4.78 is 2.15. The maximum Gasteiger partial charge on any atom is 0.278 e. The van der Waals surface area contributed by atoms with E-state index in [4.69, 9.17) is 11.6 Å². The van der Waals surface area contributed by atoms with Crippen LogP contribution in [0.4, 0.5) is 11.4 Å². The first-order chi connectivity index (χ1) is 13.3. The molecule has 0 radical (unpaired) electrons. The molecule has 0 fully saturated rings. The van der Waals surface area contributed by atoms with E-state index < -0.39 is 5.91 Å². The molecule has 0 aliphatic carbocycles. The molecule has 0 aliphatic rings. The molecule has 0 atom stereocenters. The third-order valence-corrected chi connectivity index (χ3v) is 4.90. The van der Waals surface area contributed by atoms with Gasteiger partial charge in [0.15, 0.2) is 5.69 Å². The summed E-state index contributed by atoms with van der Waals surface area (Å²) in [6.45, 7) is 3.58. The average Bonchev–Trinajstić information content (AvgIpc) is 3.00. The first kappa shape index (κ1) is 20.0. The molecule has 1 heterocycles. The number of nitrogens with zero attached hydrogens (tertiary/aromatic N) is 3. The smallest absolute Gasteiger partial charge is 0.278 e. The summed E-state index contributed by atoms with van der Waals surface area (Å²) in [5, 5.41) is 14.0. The second-order valence-electron chi connectivity index (χ2n) is 6.17. The van der Waals surface area contributed by atoms with Crippen LogP contribution in [0.2, 0.25) is 5.02 Å². The molecule has 0 saturated carbocycles. The van der Waals surface area contributed by atoms with E-state index in [1.807, 2.05) is 19.1 Å². The Morgan fingerprint density at radius 3 is 2.50 bits per heavy atom. The lowest BCUT2D eigenvalue weighted by atomic mass is 10.2. The van der Waals surface area contributed by atoms with Crippen LogP contribution in [0.25, 0.3) is 0 Å². The summed E-state index contributed by atoms with van der Waals surface area (Å²) in [6.07, 6.45) is 0. The SMILES string of the molecule is Cc1ccc(NC(=O)c2nnn(CC(=O)Nc3ccc(Cl)cc3)c2C)c(Br)c1. The molecular weight excluding hydrogens is 446 g/mol. The number of nitrogens with one attached hydrogen (secondary N) is 2. The van der Waals surface area contributed by atoms with Crippen molar-refractivity contribution in [3.63, 3.8) is 0 Å². The summed E-state index contributed by atoms with van der Waals surface area (Å²) in [5.74, 6) is -0.685. The predicted molar refractivity (Wildman–Crippen MR) is 112 cm³/mol. The second kappa shape index (κ2) is 8.53. The Morgan fingerprint density at radius 1 is 1.11 bits per heavy atom. The molecule has 0 spiro atoms. The van der Waals surface area contributed by atoms with Crippen LogP contribution in [0, 0.1) is 13.8 Å². The van der Waals surface area contributed by atoms with Crippen LogP contribution in [0.5, 0.6) is 0 Å². The number of carbonyl (C=O) groups is 2. The topological polar surface area (TPSA) is 88.9 Å². The molecule has 7 nitrogen and oxygen atoms in total.